The summed E-state index contributed by atoms with van der Waals surface area (Å²) >= 11 is 4.87. The number of ether oxygens (including phenoxy) is 1. The van der Waals surface area contributed by atoms with Gasteiger partial charge in [0.2, 0.25) is 0 Å². The molecule has 0 bridgehead atoms. The molecule has 1 aromatic heterocycles. The molecular weight excluding hydrogens is 265 g/mol. The Morgan fingerprint density at radius 2 is 2.00 bits per heavy atom. The topological polar surface area (TPSA) is 61.0 Å². The van der Waals surface area contributed by atoms with E-state index in [1.807, 2.05) is 0 Å². The van der Waals surface area contributed by atoms with Crippen LogP contribution < -0.4 is 10.5 Å². The number of benzene rings is 1. The van der Waals surface area contributed by atoms with E-state index in [0.717, 1.165) is 0 Å². The number of halogens is 1. The zero-order chi connectivity index (χ0) is 14.0. The molecule has 0 unspecified atom stereocenters. The third-order valence-corrected chi connectivity index (χ3v) is 2.63. The van der Waals surface area contributed by atoms with Crippen LogP contribution in [-0.2, 0) is 0 Å². The fourth-order valence-corrected chi connectivity index (χ4v) is 1.60. The van der Waals surface area contributed by atoms with Crippen LogP contribution in [0.4, 0.5) is 4.39 Å². The predicted molar refractivity (Wildman–Crippen MR) is 73.9 cm³/mol. The lowest BCUT2D eigenvalue weighted by Gasteiger charge is -2.07. The summed E-state index contributed by atoms with van der Waals surface area (Å²) in [5.74, 6) is 0.166. The van der Waals surface area contributed by atoms with Crippen molar-refractivity contribution in [1.29, 1.82) is 0 Å². The van der Waals surface area contributed by atoms with Gasteiger partial charge in [-0.3, -0.25) is 0 Å². The molecule has 0 spiro atoms. The molecule has 0 fully saturated rings. The molecule has 0 aliphatic heterocycles. The van der Waals surface area contributed by atoms with E-state index in [-0.39, 0.29) is 16.8 Å². The van der Waals surface area contributed by atoms with Crippen LogP contribution in [0.15, 0.2) is 24.3 Å². The van der Waals surface area contributed by atoms with Gasteiger partial charge in [-0.15, -0.1) is 0 Å². The van der Waals surface area contributed by atoms with Crippen molar-refractivity contribution >= 4 is 17.2 Å². The summed E-state index contributed by atoms with van der Waals surface area (Å²) in [7, 11) is 0. The van der Waals surface area contributed by atoms with Crippen LogP contribution in [0.25, 0.3) is 0 Å². The second-order valence-corrected chi connectivity index (χ2v) is 4.49. The van der Waals surface area contributed by atoms with Gasteiger partial charge in [0.15, 0.2) is 0 Å². The number of aromatic nitrogens is 2. The van der Waals surface area contributed by atoms with Gasteiger partial charge in [-0.1, -0.05) is 12.2 Å². The van der Waals surface area contributed by atoms with E-state index in [2.05, 4.69) is 9.97 Å². The van der Waals surface area contributed by atoms with Crippen LogP contribution in [0.2, 0.25) is 0 Å². The molecule has 2 aromatic rings. The lowest BCUT2D eigenvalue weighted by Crippen LogP contribution is -2.13. The Balaban J connectivity index is 2.32. The molecule has 4 nitrogen and oxygen atoms in total. The lowest BCUT2D eigenvalue weighted by atomic mass is 10.2. The minimum atomic E-state index is -0.290. The van der Waals surface area contributed by atoms with Crippen molar-refractivity contribution < 1.29 is 9.13 Å². The molecule has 0 aliphatic carbocycles. The Bertz CT molecular complexity index is 646. The average molecular weight is 277 g/mol. The number of hydrogen-bond donors (Lipinski definition) is 1. The quantitative estimate of drug-likeness (QED) is 0.874. The fraction of sp³-hybridized carbons (Fsp3) is 0.154. The van der Waals surface area contributed by atoms with E-state index in [9.17, 15) is 4.39 Å². The molecule has 2 rings (SSSR count). The third-order valence-electron chi connectivity index (χ3n) is 2.42. The van der Waals surface area contributed by atoms with E-state index in [1.54, 1.807) is 26.0 Å². The number of rotatable bonds is 3. The van der Waals surface area contributed by atoms with Crippen molar-refractivity contribution in [2.75, 3.05) is 0 Å². The number of aryl methyl sites for hydroxylation is 2. The van der Waals surface area contributed by atoms with Crippen molar-refractivity contribution in [3.63, 3.8) is 0 Å². The number of hydrogen-bond acceptors (Lipinski definition) is 4. The molecule has 6 heteroatoms. The van der Waals surface area contributed by atoms with Gasteiger partial charge in [0.25, 0.3) is 0 Å². The van der Waals surface area contributed by atoms with Crippen LogP contribution >= 0.6 is 12.2 Å². The summed E-state index contributed by atoms with van der Waals surface area (Å²) in [5.41, 5.74) is 7.14. The molecule has 0 radical (unpaired) electrons. The minimum absolute atomic E-state index is 0.133. The van der Waals surface area contributed by atoms with Crippen LogP contribution in [0.1, 0.15) is 17.0 Å². The van der Waals surface area contributed by atoms with E-state index in [1.165, 1.54) is 12.1 Å². The standard InChI is InChI=1S/C13H12FN3OS/c1-7-5-9(3-4-10(7)14)18-13-16-8(2)6-11(17-13)12(15)19/h3-6H,1-2H3,(H2,15,19). The minimum Gasteiger partial charge on any atom is -0.424 e. The highest BCUT2D eigenvalue weighted by atomic mass is 32.1. The zero-order valence-electron chi connectivity index (χ0n) is 10.5. The summed E-state index contributed by atoms with van der Waals surface area (Å²) in [6.07, 6.45) is 0. The number of nitrogens with two attached hydrogens (primary N) is 1. The molecule has 0 amide bonds. The first-order valence-corrected chi connectivity index (χ1v) is 5.96. The molecule has 0 saturated heterocycles. The number of thiocarbonyl (C=S) groups is 1. The lowest BCUT2D eigenvalue weighted by molar-refractivity contribution is 0.438. The molecule has 0 atom stereocenters. The Morgan fingerprint density at radius 1 is 1.26 bits per heavy atom. The van der Waals surface area contributed by atoms with Crippen molar-refractivity contribution in [3.8, 4) is 11.8 Å². The average Bonchev–Trinajstić information content (AvgIpc) is 2.33. The normalized spacial score (nSPS) is 10.3. The van der Waals surface area contributed by atoms with Crippen LogP contribution in [-0.4, -0.2) is 15.0 Å². The van der Waals surface area contributed by atoms with E-state index in [0.29, 0.717) is 22.7 Å². The van der Waals surface area contributed by atoms with E-state index in [4.69, 9.17) is 22.7 Å². The van der Waals surface area contributed by atoms with Crippen LogP contribution in [0.3, 0.4) is 0 Å². The van der Waals surface area contributed by atoms with Gasteiger partial charge in [-0.25, -0.2) is 9.37 Å². The maximum Gasteiger partial charge on any atom is 0.322 e. The second-order valence-electron chi connectivity index (χ2n) is 4.05. The van der Waals surface area contributed by atoms with Crippen molar-refractivity contribution in [3.05, 3.63) is 47.0 Å². The van der Waals surface area contributed by atoms with Gasteiger partial charge in [0.05, 0.1) is 0 Å². The molecular formula is C13H12FN3OS. The van der Waals surface area contributed by atoms with E-state index < -0.39 is 0 Å². The van der Waals surface area contributed by atoms with Gasteiger partial charge in [0.1, 0.15) is 22.2 Å². The Labute approximate surface area is 115 Å². The summed E-state index contributed by atoms with van der Waals surface area (Å²) < 4.78 is 18.6. The van der Waals surface area contributed by atoms with Gasteiger partial charge in [0, 0.05) is 5.69 Å². The maximum absolute atomic E-state index is 13.2. The van der Waals surface area contributed by atoms with Gasteiger partial charge < -0.3 is 10.5 Å². The smallest absolute Gasteiger partial charge is 0.322 e. The van der Waals surface area contributed by atoms with E-state index >= 15 is 0 Å². The summed E-state index contributed by atoms with van der Waals surface area (Å²) in [5, 5.41) is 0. The SMILES string of the molecule is Cc1cc(C(N)=S)nc(Oc2ccc(F)c(C)c2)n1. The van der Waals surface area contributed by atoms with Gasteiger partial charge in [-0.2, -0.15) is 4.98 Å². The summed E-state index contributed by atoms with van der Waals surface area (Å²) in [4.78, 5) is 8.38. The fourth-order valence-electron chi connectivity index (χ4n) is 1.50. The first-order valence-electron chi connectivity index (χ1n) is 5.55. The zero-order valence-corrected chi connectivity index (χ0v) is 11.3. The first kappa shape index (κ1) is 13.4. The second kappa shape index (κ2) is 5.27. The first-order chi connectivity index (χ1) is 8.95. The molecule has 1 aromatic carbocycles. The predicted octanol–water partition coefficient (Wildman–Crippen LogP) is 2.66. The highest BCUT2D eigenvalue weighted by molar-refractivity contribution is 7.80. The molecule has 1 heterocycles. The highest BCUT2D eigenvalue weighted by Crippen LogP contribution is 2.21. The highest BCUT2D eigenvalue weighted by Gasteiger charge is 2.07. The van der Waals surface area contributed by atoms with Gasteiger partial charge in [-0.05, 0) is 43.7 Å². The van der Waals surface area contributed by atoms with Crippen molar-refractivity contribution in [1.82, 2.24) is 9.97 Å². The van der Waals surface area contributed by atoms with Gasteiger partial charge >= 0.3 is 6.01 Å². The number of nitrogens with zero attached hydrogens (tertiary/aromatic N) is 2. The van der Waals surface area contributed by atoms with Crippen LogP contribution in [0.5, 0.6) is 11.8 Å². The van der Waals surface area contributed by atoms with Crippen molar-refractivity contribution in [2.45, 2.75) is 13.8 Å². The largest absolute Gasteiger partial charge is 0.424 e. The Morgan fingerprint density at radius 3 is 2.63 bits per heavy atom. The summed E-state index contributed by atoms with van der Waals surface area (Å²) in [6.45, 7) is 3.44. The third kappa shape index (κ3) is 3.23. The molecule has 98 valence electrons. The molecule has 0 aliphatic rings. The molecule has 0 saturated carbocycles. The monoisotopic (exact) mass is 277 g/mol. The Hall–Kier alpha value is -2.08. The van der Waals surface area contributed by atoms with Crippen molar-refractivity contribution in [2.24, 2.45) is 5.73 Å². The Kier molecular flexibility index (Phi) is 3.71. The molecule has 19 heavy (non-hydrogen) atoms. The van der Waals surface area contributed by atoms with Crippen LogP contribution in [0, 0.1) is 19.7 Å². The maximum atomic E-state index is 13.2. The summed E-state index contributed by atoms with van der Waals surface area (Å²) in [6, 6.07) is 6.21. The molecule has 2 N–H and O–H groups in total.